The number of carbonyl (C=O) groups excluding carboxylic acids is 1. The molecule has 0 aromatic heterocycles. The number of amides is 1. The zero-order valence-corrected chi connectivity index (χ0v) is 8.66. The van der Waals surface area contributed by atoms with Crippen LogP contribution in [0.5, 0.6) is 0 Å². The van der Waals surface area contributed by atoms with Gasteiger partial charge in [0.2, 0.25) is 5.91 Å². The van der Waals surface area contributed by atoms with Crippen LogP contribution in [0, 0.1) is 0 Å². The average Bonchev–Trinajstić information content (AvgIpc) is 2.14. The number of hydrogen-bond donors (Lipinski definition) is 2. The number of carbonyl (C=O) groups is 1. The second-order valence-electron chi connectivity index (χ2n) is 3.12. The lowest BCUT2D eigenvalue weighted by molar-refractivity contribution is -0.121. The Morgan fingerprint density at radius 2 is 2.43 bits per heavy atom. The average molecular weight is 201 g/mol. The Balaban J connectivity index is 3.22. The molecule has 14 heavy (non-hydrogen) atoms. The van der Waals surface area contributed by atoms with Gasteiger partial charge < -0.3 is 15.2 Å². The summed E-state index contributed by atoms with van der Waals surface area (Å²) in [5.74, 6) is -0.0481. The lowest BCUT2D eigenvalue weighted by atomic mass is 10.3. The molecule has 0 heterocycles. The van der Waals surface area contributed by atoms with Crippen LogP contribution in [0.15, 0.2) is 12.7 Å². The first kappa shape index (κ1) is 13.1. The van der Waals surface area contributed by atoms with E-state index in [1.54, 1.807) is 13.0 Å². The van der Waals surface area contributed by atoms with E-state index in [4.69, 9.17) is 9.84 Å². The molecule has 0 bridgehead atoms. The molecule has 0 saturated heterocycles. The lowest BCUT2D eigenvalue weighted by Gasteiger charge is -2.06. The Kier molecular flexibility index (Phi) is 8.17. The Morgan fingerprint density at radius 1 is 1.71 bits per heavy atom. The van der Waals surface area contributed by atoms with E-state index in [9.17, 15) is 4.79 Å². The van der Waals surface area contributed by atoms with Crippen molar-refractivity contribution >= 4 is 5.91 Å². The standard InChI is InChI=1S/C10H19NO3/c1-3-6-14-7-4-5-10(13)11-8-9(2)12/h3,9,12H,1,4-8H2,2H3,(H,11,13). The second kappa shape index (κ2) is 8.72. The first-order valence-corrected chi connectivity index (χ1v) is 4.80. The molecular formula is C10H19NO3. The first-order chi connectivity index (χ1) is 6.66. The van der Waals surface area contributed by atoms with E-state index >= 15 is 0 Å². The molecule has 4 nitrogen and oxygen atoms in total. The van der Waals surface area contributed by atoms with E-state index in [1.807, 2.05) is 0 Å². The third-order valence-corrected chi connectivity index (χ3v) is 1.52. The number of ether oxygens (including phenoxy) is 1. The van der Waals surface area contributed by atoms with Crippen LogP contribution in [0.4, 0.5) is 0 Å². The molecule has 1 atom stereocenters. The van der Waals surface area contributed by atoms with Crippen LogP contribution in [-0.4, -0.2) is 36.9 Å². The minimum Gasteiger partial charge on any atom is -0.392 e. The van der Waals surface area contributed by atoms with Gasteiger partial charge in [-0.15, -0.1) is 6.58 Å². The zero-order chi connectivity index (χ0) is 10.8. The fourth-order valence-electron chi connectivity index (χ4n) is 0.851. The van der Waals surface area contributed by atoms with Gasteiger partial charge in [0.1, 0.15) is 0 Å². The summed E-state index contributed by atoms with van der Waals surface area (Å²) in [5.41, 5.74) is 0. The smallest absolute Gasteiger partial charge is 0.220 e. The molecule has 82 valence electrons. The Hall–Kier alpha value is -0.870. The minimum atomic E-state index is -0.490. The molecule has 1 unspecified atom stereocenters. The number of aliphatic hydroxyl groups is 1. The second-order valence-corrected chi connectivity index (χ2v) is 3.12. The SMILES string of the molecule is C=CCOCCCC(=O)NCC(C)O. The normalized spacial score (nSPS) is 12.1. The van der Waals surface area contributed by atoms with Gasteiger partial charge >= 0.3 is 0 Å². The number of hydrogen-bond acceptors (Lipinski definition) is 3. The van der Waals surface area contributed by atoms with Crippen molar-refractivity contribution < 1.29 is 14.6 Å². The topological polar surface area (TPSA) is 58.6 Å². The molecule has 0 aliphatic heterocycles. The van der Waals surface area contributed by atoms with Gasteiger partial charge in [-0.25, -0.2) is 0 Å². The van der Waals surface area contributed by atoms with Crippen LogP contribution < -0.4 is 5.32 Å². The first-order valence-electron chi connectivity index (χ1n) is 4.80. The Morgan fingerprint density at radius 3 is 3.00 bits per heavy atom. The van der Waals surface area contributed by atoms with Crippen molar-refractivity contribution in [2.45, 2.75) is 25.9 Å². The van der Waals surface area contributed by atoms with Gasteiger partial charge in [0.15, 0.2) is 0 Å². The highest BCUT2D eigenvalue weighted by Gasteiger charge is 2.01. The highest BCUT2D eigenvalue weighted by atomic mass is 16.5. The van der Waals surface area contributed by atoms with Crippen molar-refractivity contribution in [3.8, 4) is 0 Å². The van der Waals surface area contributed by atoms with Crippen LogP contribution >= 0.6 is 0 Å². The highest BCUT2D eigenvalue weighted by molar-refractivity contribution is 5.75. The molecule has 0 aliphatic rings. The molecule has 0 aromatic carbocycles. The van der Waals surface area contributed by atoms with Gasteiger partial charge in [0, 0.05) is 19.6 Å². The van der Waals surface area contributed by atoms with Gasteiger partial charge in [-0.3, -0.25) is 4.79 Å². The maximum atomic E-state index is 11.1. The lowest BCUT2D eigenvalue weighted by Crippen LogP contribution is -2.30. The maximum Gasteiger partial charge on any atom is 0.220 e. The highest BCUT2D eigenvalue weighted by Crippen LogP contribution is 1.90. The molecule has 0 saturated carbocycles. The summed E-state index contributed by atoms with van der Waals surface area (Å²) < 4.78 is 5.11. The van der Waals surface area contributed by atoms with Crippen molar-refractivity contribution in [1.82, 2.24) is 5.32 Å². The van der Waals surface area contributed by atoms with Crippen LogP contribution in [0.2, 0.25) is 0 Å². The molecule has 0 spiro atoms. The summed E-state index contributed by atoms with van der Waals surface area (Å²) in [6.07, 6.45) is 2.31. The van der Waals surface area contributed by atoms with Crippen molar-refractivity contribution in [1.29, 1.82) is 0 Å². The Labute approximate surface area is 85.0 Å². The number of aliphatic hydroxyl groups excluding tert-OH is 1. The summed E-state index contributed by atoms with van der Waals surface area (Å²) in [5, 5.41) is 11.5. The van der Waals surface area contributed by atoms with E-state index in [-0.39, 0.29) is 5.91 Å². The van der Waals surface area contributed by atoms with Crippen molar-refractivity contribution in [2.24, 2.45) is 0 Å². The monoisotopic (exact) mass is 201 g/mol. The zero-order valence-electron chi connectivity index (χ0n) is 8.66. The van der Waals surface area contributed by atoms with Crippen LogP contribution in [-0.2, 0) is 9.53 Å². The predicted octanol–water partition coefficient (Wildman–Crippen LogP) is 0.466. The van der Waals surface area contributed by atoms with E-state index in [2.05, 4.69) is 11.9 Å². The molecule has 0 aromatic rings. The van der Waals surface area contributed by atoms with Crippen molar-refractivity contribution in [3.63, 3.8) is 0 Å². The van der Waals surface area contributed by atoms with Gasteiger partial charge in [0.05, 0.1) is 12.7 Å². The summed E-state index contributed by atoms with van der Waals surface area (Å²) in [7, 11) is 0. The third kappa shape index (κ3) is 9.22. The van der Waals surface area contributed by atoms with E-state index in [1.165, 1.54) is 0 Å². The molecule has 0 radical (unpaired) electrons. The van der Waals surface area contributed by atoms with Gasteiger partial charge in [-0.1, -0.05) is 6.08 Å². The predicted molar refractivity (Wildman–Crippen MR) is 54.9 cm³/mol. The van der Waals surface area contributed by atoms with Crippen molar-refractivity contribution in [2.75, 3.05) is 19.8 Å². The number of rotatable bonds is 8. The number of nitrogens with one attached hydrogen (secondary N) is 1. The van der Waals surface area contributed by atoms with E-state index in [0.29, 0.717) is 32.6 Å². The fraction of sp³-hybridized carbons (Fsp3) is 0.700. The van der Waals surface area contributed by atoms with Crippen LogP contribution in [0.3, 0.4) is 0 Å². The van der Waals surface area contributed by atoms with Gasteiger partial charge in [-0.05, 0) is 13.3 Å². The molecule has 4 heteroatoms. The third-order valence-electron chi connectivity index (χ3n) is 1.52. The van der Waals surface area contributed by atoms with E-state index in [0.717, 1.165) is 0 Å². The molecule has 1 amide bonds. The molecule has 0 aliphatic carbocycles. The summed E-state index contributed by atoms with van der Waals surface area (Å²) >= 11 is 0. The summed E-state index contributed by atoms with van der Waals surface area (Å²) in [4.78, 5) is 11.1. The maximum absolute atomic E-state index is 11.1. The minimum absolute atomic E-state index is 0.0481. The van der Waals surface area contributed by atoms with E-state index < -0.39 is 6.10 Å². The molecule has 0 fully saturated rings. The molecular weight excluding hydrogens is 182 g/mol. The van der Waals surface area contributed by atoms with Gasteiger partial charge in [-0.2, -0.15) is 0 Å². The van der Waals surface area contributed by atoms with Crippen LogP contribution in [0.25, 0.3) is 0 Å². The van der Waals surface area contributed by atoms with Crippen molar-refractivity contribution in [3.05, 3.63) is 12.7 Å². The quantitative estimate of drug-likeness (QED) is 0.443. The van der Waals surface area contributed by atoms with Crippen LogP contribution in [0.1, 0.15) is 19.8 Å². The largest absolute Gasteiger partial charge is 0.392 e. The summed E-state index contributed by atoms with van der Waals surface area (Å²) in [6.45, 7) is 6.54. The summed E-state index contributed by atoms with van der Waals surface area (Å²) in [6, 6.07) is 0. The molecule has 0 rings (SSSR count). The molecule has 2 N–H and O–H groups in total. The van der Waals surface area contributed by atoms with Gasteiger partial charge in [0.25, 0.3) is 0 Å². The fourth-order valence-corrected chi connectivity index (χ4v) is 0.851. The Bertz CT molecular complexity index is 169.